The second-order valence-corrected chi connectivity index (χ2v) is 14.8. The van der Waals surface area contributed by atoms with Crippen molar-refractivity contribution in [3.8, 4) is 39.2 Å². The van der Waals surface area contributed by atoms with Gasteiger partial charge in [0.25, 0.3) is 0 Å². The van der Waals surface area contributed by atoms with Crippen molar-refractivity contribution in [2.24, 2.45) is 0 Å². The van der Waals surface area contributed by atoms with Gasteiger partial charge in [-0.05, 0) is 92.4 Å². The lowest BCUT2D eigenvalue weighted by atomic mass is 9.67. The molecule has 1 aliphatic carbocycles. The van der Waals surface area contributed by atoms with E-state index >= 15 is 0 Å². The molecule has 0 N–H and O–H groups in total. The van der Waals surface area contributed by atoms with Crippen LogP contribution < -0.4 is 0 Å². The van der Waals surface area contributed by atoms with E-state index in [4.69, 9.17) is 9.97 Å². The second kappa shape index (κ2) is 12.8. The molecule has 8 aromatic carbocycles. The number of rotatable bonds is 6. The Kier molecular flexibility index (Phi) is 7.36. The smallest absolute Gasteiger partial charge is 0.114 e. The van der Waals surface area contributed by atoms with Crippen LogP contribution in [0.5, 0.6) is 0 Å². The summed E-state index contributed by atoms with van der Waals surface area (Å²) in [4.78, 5) is 10.3. The summed E-state index contributed by atoms with van der Waals surface area (Å²) in [6, 6.07) is 70.6. The SMILES string of the molecule is CCc1nc2ccccc2n1-c1ccc(-c2ccc(-c3nc4ccccc4c4cc5c(cc34)C(c3ccccc3)(c3ccccc3)c3ccccc3-5)cc2)cc1. The van der Waals surface area contributed by atoms with Gasteiger partial charge in [0.1, 0.15) is 5.82 Å². The molecule has 0 unspecified atom stereocenters. The Morgan fingerprint density at radius 2 is 1.04 bits per heavy atom. The van der Waals surface area contributed by atoms with Crippen LogP contribution in [0.1, 0.15) is 35.0 Å². The van der Waals surface area contributed by atoms with Gasteiger partial charge < -0.3 is 0 Å². The molecule has 0 spiro atoms. The summed E-state index contributed by atoms with van der Waals surface area (Å²) in [6.07, 6.45) is 0.866. The first-order chi connectivity index (χ1) is 27.7. The second-order valence-electron chi connectivity index (χ2n) is 14.8. The summed E-state index contributed by atoms with van der Waals surface area (Å²) in [7, 11) is 0. The zero-order valence-electron chi connectivity index (χ0n) is 31.0. The van der Waals surface area contributed by atoms with Crippen molar-refractivity contribution in [2.45, 2.75) is 18.8 Å². The number of hydrogen-bond acceptors (Lipinski definition) is 2. The molecule has 0 aliphatic heterocycles. The molecule has 0 saturated carbocycles. The fourth-order valence-electron chi connectivity index (χ4n) is 9.33. The summed E-state index contributed by atoms with van der Waals surface area (Å²) in [5.74, 6) is 1.07. The van der Waals surface area contributed by atoms with Crippen molar-refractivity contribution in [2.75, 3.05) is 0 Å². The maximum atomic E-state index is 5.42. The normalized spacial score (nSPS) is 12.9. The number of hydrogen-bond donors (Lipinski definition) is 0. The highest BCUT2D eigenvalue weighted by molar-refractivity contribution is 6.13. The highest BCUT2D eigenvalue weighted by Crippen LogP contribution is 2.57. The van der Waals surface area contributed by atoms with Gasteiger partial charge in [0.05, 0.1) is 27.7 Å². The van der Waals surface area contributed by atoms with Crippen molar-refractivity contribution in [3.63, 3.8) is 0 Å². The van der Waals surface area contributed by atoms with Gasteiger partial charge in [-0.3, -0.25) is 4.57 Å². The summed E-state index contributed by atoms with van der Waals surface area (Å²) in [6.45, 7) is 2.16. The quantitative estimate of drug-likeness (QED) is 0.161. The average Bonchev–Trinajstić information content (AvgIpc) is 3.80. The van der Waals surface area contributed by atoms with E-state index in [1.165, 1.54) is 49.9 Å². The summed E-state index contributed by atoms with van der Waals surface area (Å²) in [5.41, 5.74) is 15.9. The Hall–Kier alpha value is -7.10. The molecule has 2 aromatic heterocycles. The molecule has 3 heteroatoms. The van der Waals surface area contributed by atoms with Crippen LogP contribution in [0.25, 0.3) is 71.9 Å². The average molecular weight is 716 g/mol. The number of fused-ring (bicyclic) bond motifs is 7. The first-order valence-corrected chi connectivity index (χ1v) is 19.5. The summed E-state index contributed by atoms with van der Waals surface area (Å²) >= 11 is 0. The van der Waals surface area contributed by atoms with Crippen LogP contribution in [-0.2, 0) is 11.8 Å². The maximum Gasteiger partial charge on any atom is 0.114 e. The Morgan fingerprint density at radius 1 is 0.446 bits per heavy atom. The van der Waals surface area contributed by atoms with Crippen LogP contribution in [-0.4, -0.2) is 14.5 Å². The van der Waals surface area contributed by atoms with Crippen molar-refractivity contribution in [3.05, 3.63) is 222 Å². The Labute approximate surface area is 326 Å². The molecule has 0 saturated heterocycles. The van der Waals surface area contributed by atoms with Gasteiger partial charge in [-0.2, -0.15) is 0 Å². The molecule has 1 aliphatic rings. The molecule has 0 bridgehead atoms. The van der Waals surface area contributed by atoms with Gasteiger partial charge in [-0.1, -0.05) is 159 Å². The lowest BCUT2D eigenvalue weighted by molar-refractivity contribution is 0.769. The van der Waals surface area contributed by atoms with Gasteiger partial charge in [0, 0.05) is 28.4 Å². The van der Waals surface area contributed by atoms with E-state index in [9.17, 15) is 0 Å². The van der Waals surface area contributed by atoms with E-state index in [0.29, 0.717) is 0 Å². The first kappa shape index (κ1) is 32.3. The largest absolute Gasteiger partial charge is 0.296 e. The number of benzene rings is 8. The maximum absolute atomic E-state index is 5.42. The van der Waals surface area contributed by atoms with Crippen LogP contribution in [0.2, 0.25) is 0 Å². The lowest BCUT2D eigenvalue weighted by Gasteiger charge is -2.34. The van der Waals surface area contributed by atoms with Crippen molar-refractivity contribution in [1.29, 1.82) is 0 Å². The molecule has 264 valence electrons. The number of imidazole rings is 1. The summed E-state index contributed by atoms with van der Waals surface area (Å²) in [5, 5.41) is 3.54. The van der Waals surface area contributed by atoms with E-state index in [-0.39, 0.29) is 0 Å². The minimum absolute atomic E-state index is 0.484. The van der Waals surface area contributed by atoms with E-state index in [0.717, 1.165) is 56.5 Å². The van der Waals surface area contributed by atoms with Gasteiger partial charge in [-0.15, -0.1) is 0 Å². The fraction of sp³-hybridized carbons (Fsp3) is 0.0566. The number of aromatic nitrogens is 3. The molecule has 10 aromatic rings. The van der Waals surface area contributed by atoms with Gasteiger partial charge in [0.2, 0.25) is 0 Å². The zero-order chi connectivity index (χ0) is 37.2. The molecular formula is C53H37N3. The molecule has 0 atom stereocenters. The van der Waals surface area contributed by atoms with Gasteiger partial charge >= 0.3 is 0 Å². The first-order valence-electron chi connectivity index (χ1n) is 19.5. The number of pyridine rings is 1. The predicted octanol–water partition coefficient (Wildman–Crippen LogP) is 13.0. The Morgan fingerprint density at radius 3 is 1.75 bits per heavy atom. The Balaban J connectivity index is 1.08. The zero-order valence-corrected chi connectivity index (χ0v) is 31.0. The van der Waals surface area contributed by atoms with Crippen LogP contribution in [0.3, 0.4) is 0 Å². The molecule has 11 rings (SSSR count). The summed E-state index contributed by atoms with van der Waals surface area (Å²) < 4.78 is 2.28. The van der Waals surface area contributed by atoms with Crippen LogP contribution in [0, 0.1) is 0 Å². The molecule has 0 radical (unpaired) electrons. The minimum atomic E-state index is -0.484. The third-order valence-corrected chi connectivity index (χ3v) is 11.8. The fourth-order valence-corrected chi connectivity index (χ4v) is 9.33. The third-order valence-electron chi connectivity index (χ3n) is 11.8. The molecule has 2 heterocycles. The molecule has 0 amide bonds. The van der Waals surface area contributed by atoms with Gasteiger partial charge in [0.15, 0.2) is 0 Å². The molecule has 0 fully saturated rings. The van der Waals surface area contributed by atoms with Crippen molar-refractivity contribution >= 4 is 32.7 Å². The van der Waals surface area contributed by atoms with Gasteiger partial charge in [-0.25, -0.2) is 9.97 Å². The lowest BCUT2D eigenvalue weighted by Crippen LogP contribution is -2.28. The number of nitrogens with zero attached hydrogens (tertiary/aromatic N) is 3. The van der Waals surface area contributed by atoms with Crippen LogP contribution >= 0.6 is 0 Å². The standard InChI is InChI=1S/C53H37N3/c1-2-51-54-49-23-13-14-24-50(49)56(51)40-31-29-36(30-32-40)35-25-27-37(28-26-35)52-45-34-47-44(33-43(45)42-20-10-12-22-48(42)55-52)41-19-9-11-21-46(41)53(47,38-15-5-3-6-16-38)39-17-7-4-8-18-39/h3-34H,2H2,1H3. The van der Waals surface area contributed by atoms with E-state index in [1.807, 2.05) is 0 Å². The molecule has 56 heavy (non-hydrogen) atoms. The monoisotopic (exact) mass is 715 g/mol. The predicted molar refractivity (Wildman–Crippen MR) is 231 cm³/mol. The minimum Gasteiger partial charge on any atom is -0.296 e. The topological polar surface area (TPSA) is 30.7 Å². The number of para-hydroxylation sites is 3. The third kappa shape index (κ3) is 4.77. The Bertz CT molecular complexity index is 3050. The van der Waals surface area contributed by atoms with Crippen LogP contribution in [0.15, 0.2) is 194 Å². The highest BCUT2D eigenvalue weighted by atomic mass is 15.1. The highest BCUT2D eigenvalue weighted by Gasteiger charge is 2.46. The van der Waals surface area contributed by atoms with Crippen molar-refractivity contribution in [1.82, 2.24) is 14.5 Å². The van der Waals surface area contributed by atoms with E-state index in [2.05, 4.69) is 206 Å². The van der Waals surface area contributed by atoms with E-state index in [1.54, 1.807) is 0 Å². The van der Waals surface area contributed by atoms with Crippen molar-refractivity contribution < 1.29 is 0 Å². The van der Waals surface area contributed by atoms with Crippen LogP contribution in [0.4, 0.5) is 0 Å². The molecule has 3 nitrogen and oxygen atoms in total. The molecular weight excluding hydrogens is 679 g/mol. The number of aryl methyl sites for hydroxylation is 1. The van der Waals surface area contributed by atoms with E-state index < -0.39 is 5.41 Å².